The lowest BCUT2D eigenvalue weighted by molar-refractivity contribution is -0.151. The van der Waals surface area contributed by atoms with Gasteiger partial charge in [0, 0.05) is 11.0 Å². The highest BCUT2D eigenvalue weighted by Gasteiger charge is 2.61. The summed E-state index contributed by atoms with van der Waals surface area (Å²) in [6, 6.07) is -2.20. The lowest BCUT2D eigenvalue weighted by Crippen LogP contribution is -2.67. The van der Waals surface area contributed by atoms with Crippen LogP contribution >= 0.6 is 0 Å². The Morgan fingerprint density at radius 2 is 1.22 bits per heavy atom. The van der Waals surface area contributed by atoms with E-state index in [2.05, 4.69) is 26.6 Å². The van der Waals surface area contributed by atoms with Gasteiger partial charge in [0.25, 0.3) is 0 Å². The maximum absolute atomic E-state index is 13.6. The summed E-state index contributed by atoms with van der Waals surface area (Å²) in [5.41, 5.74) is 4.17. The molecule has 0 aliphatic heterocycles. The van der Waals surface area contributed by atoms with Gasteiger partial charge in [0.2, 0.25) is 35.4 Å². The molecule has 8 fully saturated rings. The second-order valence-corrected chi connectivity index (χ2v) is 17.4. The summed E-state index contributed by atoms with van der Waals surface area (Å²) in [6.45, 7) is 2.90. The van der Waals surface area contributed by atoms with Crippen molar-refractivity contribution in [2.75, 3.05) is 13.1 Å². The molecule has 8 aliphatic carbocycles. The predicted octanol–water partition coefficient (Wildman–Crippen LogP) is 0.866. The Morgan fingerprint density at radius 1 is 0.680 bits per heavy atom. The van der Waals surface area contributed by atoms with Crippen molar-refractivity contribution in [1.82, 2.24) is 26.6 Å². The molecule has 6 atom stereocenters. The van der Waals surface area contributed by atoms with E-state index in [0.29, 0.717) is 42.4 Å². The number of amides is 6. The van der Waals surface area contributed by atoms with Crippen LogP contribution in [0.15, 0.2) is 0 Å². The zero-order valence-corrected chi connectivity index (χ0v) is 29.3. The van der Waals surface area contributed by atoms with Gasteiger partial charge in [0.05, 0.1) is 24.9 Å². The molecule has 14 nitrogen and oxygen atoms in total. The molecule has 0 aromatic rings. The highest BCUT2D eigenvalue weighted by molar-refractivity contribution is 5.95. The topological polar surface area (TPSA) is 226 Å². The van der Waals surface area contributed by atoms with E-state index in [4.69, 9.17) is 5.73 Å². The SMILES string of the molecule is CC(C)C[C@H](NC(=O)CNC(=O)CNC(=O)[C@H](CC(=O)O)NC(=O)C12CC3CC(CC(C3)C1)C2)C(=O)NC12CC3C[C@H](C1)CC(C(N)=O)(C3)C2. The zero-order chi connectivity index (χ0) is 36.0. The Labute approximate surface area is 292 Å². The lowest BCUT2D eigenvalue weighted by Gasteiger charge is -2.61. The molecular weight excluding hydrogens is 644 g/mol. The molecule has 0 radical (unpaired) electrons. The van der Waals surface area contributed by atoms with Crippen LogP contribution in [-0.2, 0) is 33.6 Å². The first-order chi connectivity index (χ1) is 23.6. The van der Waals surface area contributed by atoms with Gasteiger partial charge >= 0.3 is 5.97 Å². The number of primary amides is 1. The van der Waals surface area contributed by atoms with Gasteiger partial charge in [0.15, 0.2) is 0 Å². The van der Waals surface area contributed by atoms with Crippen molar-refractivity contribution in [2.24, 2.45) is 52.1 Å². The first-order valence-electron chi connectivity index (χ1n) is 18.5. The van der Waals surface area contributed by atoms with Gasteiger partial charge in [-0.15, -0.1) is 0 Å². The van der Waals surface area contributed by atoms with Crippen LogP contribution in [0.2, 0.25) is 0 Å². The number of carboxylic acids is 1. The summed E-state index contributed by atoms with van der Waals surface area (Å²) in [5, 5.41) is 22.9. The van der Waals surface area contributed by atoms with E-state index in [-0.39, 0.29) is 23.6 Å². The molecule has 50 heavy (non-hydrogen) atoms. The van der Waals surface area contributed by atoms with Crippen molar-refractivity contribution in [3.8, 4) is 0 Å². The highest BCUT2D eigenvalue weighted by Crippen LogP contribution is 2.62. The Balaban J connectivity index is 0.981. The second-order valence-electron chi connectivity index (χ2n) is 17.4. The highest BCUT2D eigenvalue weighted by atomic mass is 16.4. The molecule has 0 heterocycles. The molecule has 3 unspecified atom stereocenters. The fraction of sp³-hybridized carbons (Fsp3) is 0.806. The van der Waals surface area contributed by atoms with Crippen LogP contribution in [0.5, 0.6) is 0 Å². The van der Waals surface area contributed by atoms with Crippen LogP contribution in [0.3, 0.4) is 0 Å². The van der Waals surface area contributed by atoms with Gasteiger partial charge < -0.3 is 37.4 Å². The summed E-state index contributed by atoms with van der Waals surface area (Å²) >= 11 is 0. The maximum atomic E-state index is 13.6. The maximum Gasteiger partial charge on any atom is 0.305 e. The number of nitrogens with two attached hydrogens (primary N) is 1. The third-order valence-electron chi connectivity index (χ3n) is 12.7. The number of nitrogens with one attached hydrogen (secondary N) is 5. The van der Waals surface area contributed by atoms with E-state index in [0.717, 1.165) is 70.6 Å². The van der Waals surface area contributed by atoms with Crippen molar-refractivity contribution >= 4 is 41.4 Å². The smallest absolute Gasteiger partial charge is 0.305 e. The fourth-order valence-corrected chi connectivity index (χ4v) is 11.6. The first-order valence-corrected chi connectivity index (χ1v) is 18.5. The number of hydrogen-bond donors (Lipinski definition) is 7. The molecule has 0 aromatic carbocycles. The van der Waals surface area contributed by atoms with Crippen LogP contribution in [0.1, 0.15) is 104 Å². The molecule has 14 heteroatoms. The Hall–Kier alpha value is -3.71. The van der Waals surface area contributed by atoms with E-state index in [1.165, 1.54) is 0 Å². The minimum Gasteiger partial charge on any atom is -0.481 e. The molecule has 0 saturated heterocycles. The molecule has 0 aromatic heterocycles. The van der Waals surface area contributed by atoms with Gasteiger partial charge in [-0.25, -0.2) is 0 Å². The Bertz CT molecular complexity index is 1380. The summed E-state index contributed by atoms with van der Waals surface area (Å²) in [5.74, 6) is -2.02. The predicted molar refractivity (Wildman–Crippen MR) is 179 cm³/mol. The van der Waals surface area contributed by atoms with Crippen LogP contribution in [-0.4, -0.2) is 77.2 Å². The summed E-state index contributed by atoms with van der Waals surface area (Å²) < 4.78 is 0. The minimum atomic E-state index is -1.34. The molecule has 0 spiro atoms. The lowest BCUT2D eigenvalue weighted by atomic mass is 9.46. The van der Waals surface area contributed by atoms with Gasteiger partial charge in [-0.3, -0.25) is 33.6 Å². The van der Waals surface area contributed by atoms with Gasteiger partial charge in [0.1, 0.15) is 12.1 Å². The first kappa shape index (κ1) is 36.1. The molecule has 8 N–H and O–H groups in total. The third kappa shape index (κ3) is 7.63. The van der Waals surface area contributed by atoms with E-state index in [9.17, 15) is 38.7 Å². The normalized spacial score (nSPS) is 35.5. The number of aliphatic carboxylic acids is 1. The molecule has 276 valence electrons. The summed E-state index contributed by atoms with van der Waals surface area (Å²) in [4.78, 5) is 89.7. The van der Waals surface area contributed by atoms with Crippen molar-refractivity contribution in [3.05, 3.63) is 0 Å². The van der Waals surface area contributed by atoms with Gasteiger partial charge in [-0.1, -0.05) is 13.8 Å². The average Bonchev–Trinajstić information content (AvgIpc) is 3.00. The third-order valence-corrected chi connectivity index (χ3v) is 12.7. The summed E-state index contributed by atoms with van der Waals surface area (Å²) in [7, 11) is 0. The number of carbonyl (C=O) groups is 7. The zero-order valence-electron chi connectivity index (χ0n) is 29.3. The standard InChI is InChI=1S/C36H54N6O8/c1-19(2)3-25(31(48)42-36-14-23-7-24(15-36)13-35(12-23,18-36)32(37)49)40-28(44)17-38-27(43)16-39-30(47)26(8-29(45)46)41-33(50)34-9-20-4-21(10-34)6-22(5-20)11-34/h19-26H,3-18H2,1-2H3,(H2,37,49)(H,38,43)(H,39,47)(H,40,44)(H,41,50)(H,42,48)(H,45,46)/t20?,21?,22?,23-,24?,25-,26-,34?,35?,36?/m0/s1. The molecule has 8 bridgehead atoms. The van der Waals surface area contributed by atoms with Crippen LogP contribution < -0.4 is 32.3 Å². The Kier molecular flexibility index (Phi) is 9.95. The van der Waals surface area contributed by atoms with Crippen LogP contribution in [0, 0.1) is 46.3 Å². The van der Waals surface area contributed by atoms with Crippen LogP contribution in [0.25, 0.3) is 0 Å². The van der Waals surface area contributed by atoms with E-state index >= 15 is 0 Å². The minimum absolute atomic E-state index is 0.0753. The van der Waals surface area contributed by atoms with Crippen molar-refractivity contribution < 1.29 is 38.7 Å². The fourth-order valence-electron chi connectivity index (χ4n) is 11.6. The molecule has 6 amide bonds. The van der Waals surface area contributed by atoms with E-state index < -0.39 is 71.7 Å². The largest absolute Gasteiger partial charge is 0.481 e. The molecular formula is C36H54N6O8. The second kappa shape index (κ2) is 13.8. The summed E-state index contributed by atoms with van der Waals surface area (Å²) in [6.07, 6.45) is 10.1. The molecule has 8 saturated carbocycles. The number of hydrogen-bond acceptors (Lipinski definition) is 7. The van der Waals surface area contributed by atoms with E-state index in [1.807, 2.05) is 13.8 Å². The number of rotatable bonds is 15. The van der Waals surface area contributed by atoms with Crippen molar-refractivity contribution in [1.29, 1.82) is 0 Å². The van der Waals surface area contributed by atoms with E-state index in [1.54, 1.807) is 0 Å². The quantitative estimate of drug-likeness (QED) is 0.130. The van der Waals surface area contributed by atoms with Crippen LogP contribution in [0.4, 0.5) is 0 Å². The van der Waals surface area contributed by atoms with Crippen molar-refractivity contribution in [3.63, 3.8) is 0 Å². The Morgan fingerprint density at radius 3 is 1.76 bits per heavy atom. The monoisotopic (exact) mass is 698 g/mol. The average molecular weight is 699 g/mol. The van der Waals surface area contributed by atoms with Gasteiger partial charge in [-0.2, -0.15) is 0 Å². The van der Waals surface area contributed by atoms with Gasteiger partial charge in [-0.05, 0) is 119 Å². The number of carboxylic acid groups (broad SMARTS) is 1. The van der Waals surface area contributed by atoms with Crippen molar-refractivity contribution in [2.45, 2.75) is 121 Å². The molecule has 8 rings (SSSR count). The number of carbonyl (C=O) groups excluding carboxylic acids is 6. The molecule has 8 aliphatic rings.